The monoisotopic (exact) mass is 285 g/mol. The summed E-state index contributed by atoms with van der Waals surface area (Å²) in [5, 5.41) is 5.45. The van der Waals surface area contributed by atoms with Crippen LogP contribution in [-0.4, -0.2) is 39.2 Å². The highest BCUT2D eigenvalue weighted by Crippen LogP contribution is 2.32. The Bertz CT molecular complexity index is 481. The van der Waals surface area contributed by atoms with Crippen molar-refractivity contribution in [1.29, 1.82) is 0 Å². The van der Waals surface area contributed by atoms with Gasteiger partial charge in [-0.1, -0.05) is 0 Å². The lowest BCUT2D eigenvalue weighted by atomic mass is 10.3. The number of benzene rings is 1. The van der Waals surface area contributed by atoms with Gasteiger partial charge in [-0.3, -0.25) is 4.99 Å². The predicted molar refractivity (Wildman–Crippen MR) is 73.0 cm³/mol. The van der Waals surface area contributed by atoms with Gasteiger partial charge in [-0.15, -0.1) is 0 Å². The molecule has 7 heteroatoms. The van der Waals surface area contributed by atoms with Crippen LogP contribution in [0.1, 0.15) is 6.42 Å². The van der Waals surface area contributed by atoms with E-state index in [2.05, 4.69) is 15.6 Å². The second kappa shape index (κ2) is 6.93. The van der Waals surface area contributed by atoms with Gasteiger partial charge in [0.1, 0.15) is 0 Å². The molecule has 0 aliphatic carbocycles. The zero-order chi connectivity index (χ0) is 14.4. The molecule has 1 heterocycles. The maximum Gasteiger partial charge on any atom is 0.255 e. The van der Waals surface area contributed by atoms with Crippen molar-refractivity contribution < 1.29 is 18.3 Å². The van der Waals surface area contributed by atoms with Gasteiger partial charge in [0.05, 0.1) is 19.8 Å². The zero-order valence-corrected chi connectivity index (χ0v) is 11.2. The van der Waals surface area contributed by atoms with Crippen LogP contribution in [0.3, 0.4) is 0 Å². The average Bonchev–Trinajstić information content (AvgIpc) is 2.67. The second-order valence-electron chi connectivity index (χ2n) is 4.18. The third-order valence-corrected chi connectivity index (χ3v) is 2.66. The molecule has 0 unspecified atom stereocenters. The number of fused-ring (bicyclic) bond motifs is 1. The summed E-state index contributed by atoms with van der Waals surface area (Å²) >= 11 is 0. The molecule has 0 atom stereocenters. The Morgan fingerprint density at radius 3 is 2.75 bits per heavy atom. The van der Waals surface area contributed by atoms with Gasteiger partial charge in [0, 0.05) is 25.2 Å². The molecule has 5 nitrogen and oxygen atoms in total. The number of ether oxygens (including phenoxy) is 2. The van der Waals surface area contributed by atoms with Crippen molar-refractivity contribution in [3.05, 3.63) is 18.2 Å². The molecule has 1 aliphatic rings. The topological polar surface area (TPSA) is 54.9 Å². The van der Waals surface area contributed by atoms with E-state index in [-0.39, 0.29) is 5.96 Å². The number of nitrogens with one attached hydrogen (secondary N) is 2. The van der Waals surface area contributed by atoms with Gasteiger partial charge in [0.25, 0.3) is 6.43 Å². The highest BCUT2D eigenvalue weighted by molar-refractivity contribution is 5.93. The molecule has 110 valence electrons. The van der Waals surface area contributed by atoms with Crippen molar-refractivity contribution in [3.8, 4) is 11.5 Å². The first-order valence-corrected chi connectivity index (χ1v) is 6.34. The van der Waals surface area contributed by atoms with Crippen LogP contribution in [-0.2, 0) is 0 Å². The number of alkyl halides is 2. The highest BCUT2D eigenvalue weighted by atomic mass is 19.3. The minimum absolute atomic E-state index is 0.278. The van der Waals surface area contributed by atoms with E-state index < -0.39 is 13.0 Å². The first-order chi connectivity index (χ1) is 9.69. The van der Waals surface area contributed by atoms with Crippen molar-refractivity contribution in [1.82, 2.24) is 5.32 Å². The van der Waals surface area contributed by atoms with Crippen LogP contribution in [0.2, 0.25) is 0 Å². The lowest BCUT2D eigenvalue weighted by Gasteiger charge is -2.13. The second-order valence-corrected chi connectivity index (χ2v) is 4.18. The number of guanidine groups is 1. The molecule has 0 saturated heterocycles. The van der Waals surface area contributed by atoms with Gasteiger partial charge >= 0.3 is 0 Å². The largest absolute Gasteiger partial charge is 0.490 e. The SMILES string of the molecule is CN=C(NCC(F)F)Nc1ccc2c(c1)OCCCO2. The Kier molecular flexibility index (Phi) is 4.97. The van der Waals surface area contributed by atoms with Crippen LogP contribution < -0.4 is 20.1 Å². The van der Waals surface area contributed by atoms with Crippen molar-refractivity contribution >= 4 is 11.6 Å². The fourth-order valence-electron chi connectivity index (χ4n) is 1.73. The van der Waals surface area contributed by atoms with Crippen LogP contribution in [0.15, 0.2) is 23.2 Å². The van der Waals surface area contributed by atoms with E-state index in [4.69, 9.17) is 9.47 Å². The summed E-state index contributed by atoms with van der Waals surface area (Å²) in [4.78, 5) is 3.87. The summed E-state index contributed by atoms with van der Waals surface area (Å²) < 4.78 is 35.4. The minimum atomic E-state index is -2.43. The average molecular weight is 285 g/mol. The lowest BCUT2D eigenvalue weighted by Crippen LogP contribution is -2.34. The van der Waals surface area contributed by atoms with E-state index in [0.717, 1.165) is 6.42 Å². The van der Waals surface area contributed by atoms with E-state index in [9.17, 15) is 8.78 Å². The van der Waals surface area contributed by atoms with E-state index in [1.165, 1.54) is 7.05 Å². The molecule has 1 aromatic carbocycles. The number of nitrogens with zero attached hydrogens (tertiary/aromatic N) is 1. The summed E-state index contributed by atoms with van der Waals surface area (Å²) in [6.07, 6.45) is -1.60. The summed E-state index contributed by atoms with van der Waals surface area (Å²) in [5.41, 5.74) is 0.691. The number of anilines is 1. The summed E-state index contributed by atoms with van der Waals surface area (Å²) in [5.74, 6) is 1.60. The lowest BCUT2D eigenvalue weighted by molar-refractivity contribution is 0.152. The highest BCUT2D eigenvalue weighted by Gasteiger charge is 2.11. The smallest absolute Gasteiger partial charge is 0.255 e. The van der Waals surface area contributed by atoms with Gasteiger partial charge < -0.3 is 20.1 Å². The Morgan fingerprint density at radius 1 is 1.30 bits per heavy atom. The first-order valence-electron chi connectivity index (χ1n) is 6.34. The Labute approximate surface area is 116 Å². The van der Waals surface area contributed by atoms with Crippen molar-refractivity contribution in [2.45, 2.75) is 12.8 Å². The third-order valence-electron chi connectivity index (χ3n) is 2.66. The normalized spacial score (nSPS) is 14.9. The van der Waals surface area contributed by atoms with Crippen LogP contribution in [0.25, 0.3) is 0 Å². The van der Waals surface area contributed by atoms with Gasteiger partial charge in [-0.25, -0.2) is 8.78 Å². The maximum atomic E-state index is 12.2. The maximum absolute atomic E-state index is 12.2. The number of hydrogen-bond acceptors (Lipinski definition) is 3. The number of hydrogen-bond donors (Lipinski definition) is 2. The van der Waals surface area contributed by atoms with E-state index >= 15 is 0 Å². The Hall–Kier alpha value is -2.05. The molecule has 0 aromatic heterocycles. The summed E-state index contributed by atoms with van der Waals surface area (Å²) in [7, 11) is 1.52. The number of halogens is 2. The molecular weight excluding hydrogens is 268 g/mol. The molecule has 2 N–H and O–H groups in total. The zero-order valence-electron chi connectivity index (χ0n) is 11.2. The summed E-state index contributed by atoms with van der Waals surface area (Å²) in [6, 6.07) is 5.32. The van der Waals surface area contributed by atoms with Crippen LogP contribution in [0.4, 0.5) is 14.5 Å². The van der Waals surface area contributed by atoms with E-state index in [0.29, 0.717) is 30.4 Å². The predicted octanol–water partition coefficient (Wildman–Crippen LogP) is 2.10. The fourth-order valence-corrected chi connectivity index (χ4v) is 1.73. The Morgan fingerprint density at radius 2 is 2.05 bits per heavy atom. The molecule has 0 bridgehead atoms. The Balaban J connectivity index is 2.03. The third kappa shape index (κ3) is 3.97. The van der Waals surface area contributed by atoms with Crippen molar-refractivity contribution in [2.75, 3.05) is 32.1 Å². The molecule has 0 amide bonds. The number of aliphatic imine (C=N–C) groups is 1. The van der Waals surface area contributed by atoms with Gasteiger partial charge in [0.2, 0.25) is 0 Å². The van der Waals surface area contributed by atoms with Gasteiger partial charge in [0.15, 0.2) is 17.5 Å². The molecule has 20 heavy (non-hydrogen) atoms. The molecule has 0 radical (unpaired) electrons. The van der Waals surface area contributed by atoms with E-state index in [1.807, 2.05) is 0 Å². The fraction of sp³-hybridized carbons (Fsp3) is 0.462. The number of rotatable bonds is 3. The molecular formula is C13H17F2N3O2. The molecule has 1 aliphatic heterocycles. The molecule has 1 aromatic rings. The van der Waals surface area contributed by atoms with Gasteiger partial charge in [-0.2, -0.15) is 0 Å². The first kappa shape index (κ1) is 14.4. The molecule has 0 spiro atoms. The van der Waals surface area contributed by atoms with Crippen molar-refractivity contribution in [3.63, 3.8) is 0 Å². The van der Waals surface area contributed by atoms with Crippen LogP contribution in [0.5, 0.6) is 11.5 Å². The van der Waals surface area contributed by atoms with Crippen molar-refractivity contribution in [2.24, 2.45) is 4.99 Å². The van der Waals surface area contributed by atoms with Crippen LogP contribution >= 0.6 is 0 Å². The van der Waals surface area contributed by atoms with E-state index in [1.54, 1.807) is 18.2 Å². The molecule has 0 saturated carbocycles. The van der Waals surface area contributed by atoms with Gasteiger partial charge in [-0.05, 0) is 12.1 Å². The molecule has 2 rings (SSSR count). The standard InChI is InChI=1S/C13H17F2N3O2/c1-16-13(17-8-12(14)15)18-9-3-4-10-11(7-9)20-6-2-5-19-10/h3-4,7,12H,2,5-6,8H2,1H3,(H2,16,17,18). The quantitative estimate of drug-likeness (QED) is 0.659. The minimum Gasteiger partial charge on any atom is -0.490 e. The van der Waals surface area contributed by atoms with Crippen LogP contribution in [0, 0.1) is 0 Å². The summed E-state index contributed by atoms with van der Waals surface area (Å²) in [6.45, 7) is 0.760. The molecule has 0 fully saturated rings.